The fourth-order valence-corrected chi connectivity index (χ4v) is 3.17. The van der Waals surface area contributed by atoms with Crippen molar-refractivity contribution in [1.82, 2.24) is 0 Å². The third-order valence-corrected chi connectivity index (χ3v) is 4.93. The zero-order chi connectivity index (χ0) is 20.1. The van der Waals surface area contributed by atoms with Gasteiger partial charge in [0.05, 0.1) is 12.2 Å². The molecule has 0 fully saturated rings. The topological polar surface area (TPSA) is 93.1 Å². The van der Waals surface area contributed by atoms with Gasteiger partial charge in [0.25, 0.3) is 0 Å². The Labute approximate surface area is 166 Å². The highest BCUT2D eigenvalue weighted by atomic mass is 35.5. The second-order valence-electron chi connectivity index (χ2n) is 7.16. The van der Waals surface area contributed by atoms with Gasteiger partial charge in [0.2, 0.25) is 0 Å². The Morgan fingerprint density at radius 3 is 2.26 bits per heavy atom. The highest BCUT2D eigenvalue weighted by Gasteiger charge is 2.27. The third-order valence-electron chi connectivity index (χ3n) is 4.71. The van der Waals surface area contributed by atoms with Gasteiger partial charge < -0.3 is 19.7 Å². The van der Waals surface area contributed by atoms with E-state index < -0.39 is 30.3 Å². The first-order valence-corrected chi connectivity index (χ1v) is 10.5. The molecule has 0 saturated heterocycles. The van der Waals surface area contributed by atoms with Gasteiger partial charge in [0, 0.05) is 6.08 Å². The molecule has 7 heteroatoms. The molecule has 1 aliphatic rings. The van der Waals surface area contributed by atoms with Gasteiger partial charge in [-0.15, -0.1) is 11.6 Å². The van der Waals surface area contributed by atoms with Gasteiger partial charge in [0.1, 0.15) is 18.1 Å². The molecule has 1 aliphatic heterocycles. The Morgan fingerprint density at radius 1 is 1.11 bits per heavy atom. The molecule has 1 heterocycles. The maximum Gasteiger partial charge on any atom is 0.330 e. The smallest absolute Gasteiger partial charge is 0.330 e. The third kappa shape index (κ3) is 10.7. The summed E-state index contributed by atoms with van der Waals surface area (Å²) in [6, 6.07) is 0. The van der Waals surface area contributed by atoms with E-state index in [1.165, 1.54) is 18.9 Å². The average Bonchev–Trinajstić information content (AvgIpc) is 2.64. The van der Waals surface area contributed by atoms with E-state index in [1.807, 2.05) is 6.92 Å². The van der Waals surface area contributed by atoms with Crippen LogP contribution < -0.4 is 0 Å². The summed E-state index contributed by atoms with van der Waals surface area (Å²) in [4.78, 5) is 23.5. The van der Waals surface area contributed by atoms with Crippen molar-refractivity contribution < 1.29 is 29.3 Å². The van der Waals surface area contributed by atoms with E-state index in [0.717, 1.165) is 51.0 Å². The van der Waals surface area contributed by atoms with E-state index >= 15 is 0 Å². The average molecular weight is 405 g/mol. The molecular formula is C20H33ClO6. The fraction of sp³-hybridized carbons (Fsp3) is 0.800. The number of esters is 2. The van der Waals surface area contributed by atoms with Crippen molar-refractivity contribution in [3.63, 3.8) is 0 Å². The minimum Gasteiger partial charge on any atom is -0.460 e. The summed E-state index contributed by atoms with van der Waals surface area (Å²) in [6.07, 6.45) is 8.31. The van der Waals surface area contributed by atoms with Crippen molar-refractivity contribution in [2.45, 2.75) is 95.5 Å². The lowest BCUT2D eigenvalue weighted by Gasteiger charge is -2.24. The molecule has 0 radical (unpaired) electrons. The molecule has 1 unspecified atom stereocenters. The van der Waals surface area contributed by atoms with Gasteiger partial charge >= 0.3 is 11.9 Å². The molecule has 1 rings (SSSR count). The van der Waals surface area contributed by atoms with Crippen LogP contribution in [-0.2, 0) is 19.1 Å². The Hall–Kier alpha value is -1.11. The SMILES string of the molecule is C[C@H]1CCCCCCCCCC[C@@H](O)[C@H](O)C(OC(=O)CCl)/C=C/C(=O)O1. The molecule has 0 aliphatic carbocycles. The Kier molecular flexibility index (Phi) is 12.4. The molecule has 6 nitrogen and oxygen atoms in total. The van der Waals surface area contributed by atoms with Crippen LogP contribution in [0, 0.1) is 0 Å². The standard InChI is InChI=1S/C20H33ClO6/c1-15-10-8-6-4-2-3-5-7-9-11-16(22)20(25)17(27-19(24)14-21)12-13-18(23)26-15/h12-13,15-17,20,22,25H,2-11,14H2,1H3/b13-12+/t15-,16+,17?,20-/m0/s1. The second kappa shape index (κ2) is 14.0. The van der Waals surface area contributed by atoms with Gasteiger partial charge in [0.15, 0.2) is 0 Å². The molecule has 27 heavy (non-hydrogen) atoms. The second-order valence-corrected chi connectivity index (χ2v) is 7.43. The van der Waals surface area contributed by atoms with Crippen molar-refractivity contribution in [1.29, 1.82) is 0 Å². The Balaban J connectivity index is 2.78. The highest BCUT2D eigenvalue weighted by Crippen LogP contribution is 2.16. The largest absolute Gasteiger partial charge is 0.460 e. The monoisotopic (exact) mass is 404 g/mol. The molecule has 4 atom stereocenters. The van der Waals surface area contributed by atoms with Crippen LogP contribution in [0.2, 0.25) is 0 Å². The van der Waals surface area contributed by atoms with E-state index in [2.05, 4.69) is 0 Å². The van der Waals surface area contributed by atoms with Gasteiger partial charge in [-0.1, -0.05) is 44.9 Å². The molecule has 156 valence electrons. The van der Waals surface area contributed by atoms with Gasteiger partial charge in [-0.25, -0.2) is 4.79 Å². The number of carbonyl (C=O) groups excluding carboxylic acids is 2. The molecule has 0 aromatic heterocycles. The van der Waals surface area contributed by atoms with E-state index in [0.29, 0.717) is 6.42 Å². The summed E-state index contributed by atoms with van der Waals surface area (Å²) in [5, 5.41) is 20.5. The molecule has 0 amide bonds. The first kappa shape index (κ1) is 23.9. The summed E-state index contributed by atoms with van der Waals surface area (Å²) in [6.45, 7) is 1.84. The highest BCUT2D eigenvalue weighted by molar-refractivity contribution is 6.26. The summed E-state index contributed by atoms with van der Waals surface area (Å²) in [5.74, 6) is -1.69. The minimum absolute atomic E-state index is 0.208. The lowest BCUT2D eigenvalue weighted by molar-refractivity contribution is -0.153. The van der Waals surface area contributed by atoms with Crippen LogP contribution >= 0.6 is 11.6 Å². The Morgan fingerprint density at radius 2 is 1.67 bits per heavy atom. The number of alkyl halides is 1. The molecule has 0 aromatic rings. The van der Waals surface area contributed by atoms with Crippen molar-refractivity contribution in [2.75, 3.05) is 5.88 Å². The number of halogens is 1. The predicted molar refractivity (Wildman–Crippen MR) is 103 cm³/mol. The number of hydrogen-bond acceptors (Lipinski definition) is 6. The van der Waals surface area contributed by atoms with Crippen LogP contribution in [0.1, 0.15) is 71.1 Å². The van der Waals surface area contributed by atoms with Gasteiger partial charge in [-0.05, 0) is 32.3 Å². The van der Waals surface area contributed by atoms with Crippen molar-refractivity contribution in [3.05, 3.63) is 12.2 Å². The fourth-order valence-electron chi connectivity index (χ4n) is 3.11. The number of cyclic esters (lactones) is 1. The molecule has 0 spiro atoms. The number of carbonyl (C=O) groups is 2. The first-order valence-electron chi connectivity index (χ1n) is 9.94. The maximum absolute atomic E-state index is 12.0. The summed E-state index contributed by atoms with van der Waals surface area (Å²) in [5.41, 5.74) is 0. The van der Waals surface area contributed by atoms with Gasteiger partial charge in [-0.3, -0.25) is 4.79 Å². The van der Waals surface area contributed by atoms with Crippen LogP contribution in [0.15, 0.2) is 12.2 Å². The van der Waals surface area contributed by atoms with Crippen LogP contribution in [0.4, 0.5) is 0 Å². The minimum atomic E-state index is -1.34. The molecule has 0 saturated carbocycles. The molecular weight excluding hydrogens is 372 g/mol. The van der Waals surface area contributed by atoms with Crippen LogP contribution in [-0.4, -0.2) is 52.4 Å². The van der Waals surface area contributed by atoms with E-state index in [-0.39, 0.29) is 12.0 Å². The first-order chi connectivity index (χ1) is 12.9. The van der Waals surface area contributed by atoms with Crippen LogP contribution in [0.25, 0.3) is 0 Å². The maximum atomic E-state index is 12.0. The number of aliphatic hydroxyl groups is 2. The summed E-state index contributed by atoms with van der Waals surface area (Å²) in [7, 11) is 0. The van der Waals surface area contributed by atoms with Crippen molar-refractivity contribution >= 4 is 23.5 Å². The van der Waals surface area contributed by atoms with Gasteiger partial charge in [-0.2, -0.15) is 0 Å². The lowest BCUT2D eigenvalue weighted by Crippen LogP contribution is -2.39. The quantitative estimate of drug-likeness (QED) is 0.542. The van der Waals surface area contributed by atoms with Crippen LogP contribution in [0.3, 0.4) is 0 Å². The molecule has 2 N–H and O–H groups in total. The molecule has 0 bridgehead atoms. The lowest BCUT2D eigenvalue weighted by atomic mass is 10.00. The van der Waals surface area contributed by atoms with Crippen molar-refractivity contribution in [3.8, 4) is 0 Å². The number of hydrogen-bond donors (Lipinski definition) is 2. The van der Waals surface area contributed by atoms with Crippen molar-refractivity contribution in [2.24, 2.45) is 0 Å². The van der Waals surface area contributed by atoms with E-state index in [9.17, 15) is 19.8 Å². The van der Waals surface area contributed by atoms with E-state index in [4.69, 9.17) is 21.1 Å². The van der Waals surface area contributed by atoms with Crippen LogP contribution in [0.5, 0.6) is 0 Å². The van der Waals surface area contributed by atoms with E-state index in [1.54, 1.807) is 0 Å². The Bertz CT molecular complexity index is 467. The zero-order valence-electron chi connectivity index (χ0n) is 16.1. The number of aliphatic hydroxyl groups excluding tert-OH is 2. The number of ether oxygens (including phenoxy) is 2. The molecule has 0 aromatic carbocycles. The zero-order valence-corrected chi connectivity index (χ0v) is 16.9. The number of rotatable bonds is 2. The normalized spacial score (nSPS) is 31.2. The summed E-state index contributed by atoms with van der Waals surface area (Å²) < 4.78 is 10.4. The predicted octanol–water partition coefficient (Wildman–Crippen LogP) is 3.26. The summed E-state index contributed by atoms with van der Waals surface area (Å²) >= 11 is 5.45.